The second-order valence-electron chi connectivity index (χ2n) is 4.43. The lowest BCUT2D eigenvalue weighted by molar-refractivity contribution is 0.790. The van der Waals surface area contributed by atoms with Crippen LogP contribution in [0.5, 0.6) is 0 Å². The molecule has 0 spiro atoms. The van der Waals surface area contributed by atoms with E-state index in [9.17, 15) is 0 Å². The van der Waals surface area contributed by atoms with E-state index in [4.69, 9.17) is 5.73 Å². The van der Waals surface area contributed by atoms with Crippen LogP contribution in [0.3, 0.4) is 0 Å². The van der Waals surface area contributed by atoms with Crippen LogP contribution in [-0.4, -0.2) is 9.73 Å². The van der Waals surface area contributed by atoms with Gasteiger partial charge in [-0.1, -0.05) is 20.8 Å². The molecule has 2 nitrogen and oxygen atoms in total. The zero-order chi connectivity index (χ0) is 10.8. The number of rotatable bonds is 2. The molecule has 0 amide bonds. The van der Waals surface area contributed by atoms with Gasteiger partial charge in [-0.05, 0) is 24.6 Å². The minimum atomic E-state index is 0.0809. The Kier molecular flexibility index (Phi) is 3.56. The Bertz CT molecular complexity index is 302. The predicted octanol–water partition coefficient (Wildman–Crippen LogP) is 2.99. The van der Waals surface area contributed by atoms with Crippen LogP contribution in [0.4, 0.5) is 0 Å². The molecule has 78 valence electrons. The van der Waals surface area contributed by atoms with Gasteiger partial charge in [0.1, 0.15) is 0 Å². The molecule has 0 aliphatic rings. The number of aromatic nitrogens is 1. The maximum absolute atomic E-state index is 5.81. The van der Waals surface area contributed by atoms with Crippen LogP contribution in [0, 0.1) is 0 Å². The average molecular weight is 210 g/mol. The van der Waals surface area contributed by atoms with Crippen molar-refractivity contribution in [3.8, 4) is 0 Å². The Morgan fingerprint density at radius 2 is 2.07 bits per heavy atom. The molecule has 0 unspecified atom stereocenters. The van der Waals surface area contributed by atoms with Gasteiger partial charge in [0.15, 0.2) is 0 Å². The van der Waals surface area contributed by atoms with E-state index in [2.05, 4.69) is 31.8 Å². The highest BCUT2D eigenvalue weighted by molar-refractivity contribution is 8.00. The molecule has 0 saturated heterocycles. The van der Waals surface area contributed by atoms with Crippen LogP contribution in [0.1, 0.15) is 39.3 Å². The van der Waals surface area contributed by atoms with Crippen LogP contribution in [-0.2, 0) is 0 Å². The number of hydrogen-bond acceptors (Lipinski definition) is 3. The summed E-state index contributed by atoms with van der Waals surface area (Å²) in [5.41, 5.74) is 6.95. The Balaban J connectivity index is 2.84. The first-order valence-electron chi connectivity index (χ1n) is 4.79. The third-order valence-corrected chi connectivity index (χ3v) is 2.74. The number of pyridine rings is 1. The van der Waals surface area contributed by atoms with Crippen LogP contribution in [0.15, 0.2) is 23.4 Å². The highest BCUT2D eigenvalue weighted by Crippen LogP contribution is 2.31. The van der Waals surface area contributed by atoms with Gasteiger partial charge in [0.2, 0.25) is 0 Å². The molecule has 0 saturated carbocycles. The van der Waals surface area contributed by atoms with Crippen molar-refractivity contribution >= 4 is 11.8 Å². The third kappa shape index (κ3) is 3.68. The quantitative estimate of drug-likeness (QED) is 0.763. The first-order chi connectivity index (χ1) is 6.38. The fourth-order valence-electron chi connectivity index (χ4n) is 1.08. The van der Waals surface area contributed by atoms with E-state index in [-0.39, 0.29) is 10.8 Å². The van der Waals surface area contributed by atoms with Gasteiger partial charge in [-0.25, -0.2) is 4.98 Å². The van der Waals surface area contributed by atoms with Gasteiger partial charge < -0.3 is 5.73 Å². The lowest BCUT2D eigenvalue weighted by Crippen LogP contribution is -2.09. The van der Waals surface area contributed by atoms with Crippen LogP contribution in [0.2, 0.25) is 0 Å². The van der Waals surface area contributed by atoms with Crippen molar-refractivity contribution in [1.29, 1.82) is 0 Å². The minimum Gasteiger partial charge on any atom is -0.324 e. The molecular formula is C11H18N2S. The van der Waals surface area contributed by atoms with Crippen molar-refractivity contribution in [2.45, 2.75) is 43.5 Å². The Labute approximate surface area is 90.3 Å². The van der Waals surface area contributed by atoms with Gasteiger partial charge in [0, 0.05) is 17.0 Å². The molecule has 1 rings (SSSR count). The standard InChI is InChI=1S/C11H18N2S/c1-8(12)9-5-6-13-10(7-9)14-11(2,3)4/h5-8H,12H2,1-4H3/t8-/m0/s1. The highest BCUT2D eigenvalue weighted by Gasteiger charge is 2.13. The first-order valence-corrected chi connectivity index (χ1v) is 5.61. The SMILES string of the molecule is C[C@H](N)c1ccnc(SC(C)(C)C)c1. The monoisotopic (exact) mass is 210 g/mol. The summed E-state index contributed by atoms with van der Waals surface area (Å²) in [6, 6.07) is 4.12. The zero-order valence-electron chi connectivity index (χ0n) is 9.24. The summed E-state index contributed by atoms with van der Waals surface area (Å²) in [4.78, 5) is 4.31. The Morgan fingerprint density at radius 1 is 1.43 bits per heavy atom. The molecule has 0 fully saturated rings. The van der Waals surface area contributed by atoms with Gasteiger partial charge in [-0.3, -0.25) is 0 Å². The molecule has 2 N–H and O–H groups in total. The normalized spacial score (nSPS) is 14.1. The summed E-state index contributed by atoms with van der Waals surface area (Å²) in [6.45, 7) is 8.52. The zero-order valence-corrected chi connectivity index (χ0v) is 10.1. The maximum atomic E-state index is 5.81. The predicted molar refractivity (Wildman–Crippen MR) is 62.4 cm³/mol. The summed E-state index contributed by atoms with van der Waals surface area (Å²) >= 11 is 1.77. The largest absolute Gasteiger partial charge is 0.324 e. The van der Waals surface area contributed by atoms with Crippen LogP contribution < -0.4 is 5.73 Å². The molecule has 0 radical (unpaired) electrons. The molecule has 0 aliphatic heterocycles. The Hall–Kier alpha value is -0.540. The van der Waals surface area contributed by atoms with Crippen molar-refractivity contribution < 1.29 is 0 Å². The van der Waals surface area contributed by atoms with Gasteiger partial charge in [-0.15, -0.1) is 11.8 Å². The lowest BCUT2D eigenvalue weighted by Gasteiger charge is -2.17. The van der Waals surface area contributed by atoms with Gasteiger partial charge in [0.25, 0.3) is 0 Å². The van der Waals surface area contributed by atoms with Crippen molar-refractivity contribution in [2.75, 3.05) is 0 Å². The molecule has 1 aromatic heterocycles. The summed E-state index contributed by atoms with van der Waals surface area (Å²) < 4.78 is 0.198. The van der Waals surface area contributed by atoms with E-state index < -0.39 is 0 Å². The molecule has 0 bridgehead atoms. The molecule has 0 aromatic carbocycles. The maximum Gasteiger partial charge on any atom is 0.0968 e. The molecule has 0 aliphatic carbocycles. The number of nitrogens with two attached hydrogens (primary N) is 1. The van der Waals surface area contributed by atoms with Crippen LogP contribution >= 0.6 is 11.8 Å². The van der Waals surface area contributed by atoms with E-state index in [0.29, 0.717) is 0 Å². The van der Waals surface area contributed by atoms with Crippen molar-refractivity contribution in [2.24, 2.45) is 5.73 Å². The highest BCUT2D eigenvalue weighted by atomic mass is 32.2. The van der Waals surface area contributed by atoms with Gasteiger partial charge in [-0.2, -0.15) is 0 Å². The fourth-order valence-corrected chi connectivity index (χ4v) is 2.01. The molecule has 1 atom stereocenters. The van der Waals surface area contributed by atoms with Crippen molar-refractivity contribution in [3.05, 3.63) is 23.9 Å². The van der Waals surface area contributed by atoms with E-state index in [1.807, 2.05) is 19.2 Å². The summed E-state index contributed by atoms with van der Waals surface area (Å²) in [6.07, 6.45) is 1.83. The summed E-state index contributed by atoms with van der Waals surface area (Å²) in [5, 5.41) is 1.05. The molecule has 1 heterocycles. The number of nitrogens with zero attached hydrogens (tertiary/aromatic N) is 1. The lowest BCUT2D eigenvalue weighted by atomic mass is 10.1. The molecule has 3 heteroatoms. The number of thioether (sulfide) groups is 1. The topological polar surface area (TPSA) is 38.9 Å². The van der Waals surface area contributed by atoms with Gasteiger partial charge >= 0.3 is 0 Å². The second kappa shape index (κ2) is 4.32. The number of hydrogen-bond donors (Lipinski definition) is 1. The van der Waals surface area contributed by atoms with E-state index >= 15 is 0 Å². The smallest absolute Gasteiger partial charge is 0.0968 e. The first kappa shape index (κ1) is 11.5. The van der Waals surface area contributed by atoms with E-state index in [1.54, 1.807) is 11.8 Å². The average Bonchev–Trinajstić information content (AvgIpc) is 2.01. The third-order valence-electron chi connectivity index (χ3n) is 1.70. The summed E-state index contributed by atoms with van der Waals surface area (Å²) in [5.74, 6) is 0. The van der Waals surface area contributed by atoms with E-state index in [1.165, 1.54) is 0 Å². The van der Waals surface area contributed by atoms with Crippen molar-refractivity contribution in [1.82, 2.24) is 4.98 Å². The fraction of sp³-hybridized carbons (Fsp3) is 0.545. The van der Waals surface area contributed by atoms with Crippen molar-refractivity contribution in [3.63, 3.8) is 0 Å². The molecule has 14 heavy (non-hydrogen) atoms. The second-order valence-corrected chi connectivity index (χ2v) is 6.28. The summed E-state index contributed by atoms with van der Waals surface area (Å²) in [7, 11) is 0. The Morgan fingerprint density at radius 3 is 2.57 bits per heavy atom. The van der Waals surface area contributed by atoms with Gasteiger partial charge in [0.05, 0.1) is 5.03 Å². The van der Waals surface area contributed by atoms with E-state index in [0.717, 1.165) is 10.6 Å². The molecule has 1 aromatic rings. The molecular weight excluding hydrogens is 192 g/mol. The van der Waals surface area contributed by atoms with Crippen LogP contribution in [0.25, 0.3) is 0 Å². The minimum absolute atomic E-state index is 0.0809.